The summed E-state index contributed by atoms with van der Waals surface area (Å²) >= 11 is 0. The Kier molecular flexibility index (Phi) is 5.40. The Labute approximate surface area is 131 Å². The molecule has 0 radical (unpaired) electrons. The summed E-state index contributed by atoms with van der Waals surface area (Å²) < 4.78 is 18.5. The molecule has 0 saturated carbocycles. The topological polar surface area (TPSA) is 41.6 Å². The predicted octanol–water partition coefficient (Wildman–Crippen LogP) is 2.43. The van der Waals surface area contributed by atoms with Crippen molar-refractivity contribution in [3.05, 3.63) is 29.6 Å². The monoisotopic (exact) mass is 308 g/mol. The second-order valence-electron chi connectivity index (χ2n) is 6.38. The lowest BCUT2D eigenvalue weighted by molar-refractivity contribution is -0.119. The van der Waals surface area contributed by atoms with Crippen molar-refractivity contribution >= 4 is 5.91 Å². The molecule has 0 aliphatic carbocycles. The molecule has 1 fully saturated rings. The molecule has 2 atom stereocenters. The van der Waals surface area contributed by atoms with E-state index in [0.717, 1.165) is 25.2 Å². The second kappa shape index (κ2) is 7.09. The highest BCUT2D eigenvalue weighted by Crippen LogP contribution is 2.27. The molecular weight excluding hydrogens is 283 g/mol. The molecule has 0 spiro atoms. The van der Waals surface area contributed by atoms with E-state index in [0.29, 0.717) is 11.8 Å². The standard InChI is InChI=1S/C17H25FN2O2/c1-11(2)14-9-20(10-16(14)19-12(3)21)8-13-5-6-15(18)17(7-13)22-4/h5-7,11,14,16H,8-10H2,1-4H3,(H,19,21)/t14-,16+/m0/s1. The summed E-state index contributed by atoms with van der Waals surface area (Å²) in [4.78, 5) is 13.7. The normalized spacial score (nSPS) is 22.1. The molecule has 1 aromatic carbocycles. The number of hydrogen-bond acceptors (Lipinski definition) is 3. The van der Waals surface area contributed by atoms with E-state index in [9.17, 15) is 9.18 Å². The molecule has 4 nitrogen and oxygen atoms in total. The first-order valence-electron chi connectivity index (χ1n) is 7.72. The minimum atomic E-state index is -0.344. The van der Waals surface area contributed by atoms with Crippen molar-refractivity contribution in [2.45, 2.75) is 33.4 Å². The van der Waals surface area contributed by atoms with Crippen LogP contribution in [0.15, 0.2) is 18.2 Å². The number of methoxy groups -OCH3 is 1. The molecule has 5 heteroatoms. The fourth-order valence-electron chi connectivity index (χ4n) is 3.19. The molecule has 1 aliphatic rings. The number of ether oxygens (including phenoxy) is 1. The van der Waals surface area contributed by atoms with Gasteiger partial charge < -0.3 is 10.1 Å². The van der Waals surface area contributed by atoms with Crippen molar-refractivity contribution in [3.63, 3.8) is 0 Å². The third-order valence-corrected chi connectivity index (χ3v) is 4.31. The Morgan fingerprint density at radius 2 is 2.18 bits per heavy atom. The van der Waals surface area contributed by atoms with Gasteiger partial charge in [0.2, 0.25) is 5.91 Å². The summed E-state index contributed by atoms with van der Waals surface area (Å²) in [5.74, 6) is 0.885. The Balaban J connectivity index is 2.06. The molecule has 1 heterocycles. The van der Waals surface area contributed by atoms with E-state index in [2.05, 4.69) is 24.1 Å². The molecule has 22 heavy (non-hydrogen) atoms. The van der Waals surface area contributed by atoms with Gasteiger partial charge in [-0.25, -0.2) is 4.39 Å². The zero-order valence-electron chi connectivity index (χ0n) is 13.7. The Bertz CT molecular complexity index is 533. The number of nitrogens with one attached hydrogen (secondary N) is 1. The van der Waals surface area contributed by atoms with Crippen molar-refractivity contribution in [1.29, 1.82) is 0 Å². The van der Waals surface area contributed by atoms with E-state index in [1.165, 1.54) is 13.2 Å². The molecular formula is C17H25FN2O2. The van der Waals surface area contributed by atoms with Gasteiger partial charge in [-0.05, 0) is 29.5 Å². The highest BCUT2D eigenvalue weighted by molar-refractivity contribution is 5.73. The molecule has 0 unspecified atom stereocenters. The van der Waals surface area contributed by atoms with Crippen LogP contribution in [0.1, 0.15) is 26.3 Å². The molecule has 1 saturated heterocycles. The lowest BCUT2D eigenvalue weighted by Crippen LogP contribution is -2.40. The molecule has 1 aromatic rings. The summed E-state index contributed by atoms with van der Waals surface area (Å²) in [6.45, 7) is 8.42. The maximum atomic E-state index is 13.5. The third-order valence-electron chi connectivity index (χ3n) is 4.31. The van der Waals surface area contributed by atoms with E-state index in [1.54, 1.807) is 19.1 Å². The number of benzene rings is 1. The maximum Gasteiger partial charge on any atom is 0.217 e. The van der Waals surface area contributed by atoms with Crippen LogP contribution in [0.3, 0.4) is 0 Å². The van der Waals surface area contributed by atoms with Crippen LogP contribution in [-0.4, -0.2) is 37.0 Å². The number of rotatable bonds is 5. The van der Waals surface area contributed by atoms with E-state index in [4.69, 9.17) is 4.74 Å². The van der Waals surface area contributed by atoms with Crippen molar-refractivity contribution in [1.82, 2.24) is 10.2 Å². The minimum absolute atomic E-state index is 0.0148. The number of likely N-dealkylation sites (tertiary alicyclic amines) is 1. The number of halogens is 1. The van der Waals surface area contributed by atoms with Gasteiger partial charge in [-0.1, -0.05) is 19.9 Å². The molecule has 1 amide bonds. The first-order valence-corrected chi connectivity index (χ1v) is 7.72. The van der Waals surface area contributed by atoms with Crippen LogP contribution in [0.25, 0.3) is 0 Å². The van der Waals surface area contributed by atoms with Crippen LogP contribution in [0.4, 0.5) is 4.39 Å². The van der Waals surface area contributed by atoms with E-state index in [1.807, 2.05) is 0 Å². The van der Waals surface area contributed by atoms with Crippen molar-refractivity contribution in [2.24, 2.45) is 11.8 Å². The summed E-state index contributed by atoms with van der Waals surface area (Å²) in [5.41, 5.74) is 1.02. The predicted molar refractivity (Wildman–Crippen MR) is 84.2 cm³/mol. The van der Waals surface area contributed by atoms with Crippen LogP contribution in [0, 0.1) is 17.7 Å². The number of hydrogen-bond donors (Lipinski definition) is 1. The summed E-state index contributed by atoms with van der Waals surface area (Å²) in [7, 11) is 1.47. The molecule has 0 bridgehead atoms. The highest BCUT2D eigenvalue weighted by Gasteiger charge is 2.34. The molecule has 1 N–H and O–H groups in total. The van der Waals surface area contributed by atoms with Crippen LogP contribution < -0.4 is 10.1 Å². The highest BCUT2D eigenvalue weighted by atomic mass is 19.1. The van der Waals surface area contributed by atoms with Crippen molar-refractivity contribution < 1.29 is 13.9 Å². The van der Waals surface area contributed by atoms with Gasteiger partial charge >= 0.3 is 0 Å². The Hall–Kier alpha value is -1.62. The fraction of sp³-hybridized carbons (Fsp3) is 0.588. The van der Waals surface area contributed by atoms with Gasteiger partial charge in [-0.15, -0.1) is 0 Å². The fourth-order valence-corrected chi connectivity index (χ4v) is 3.19. The lowest BCUT2D eigenvalue weighted by atomic mass is 9.91. The summed E-state index contributed by atoms with van der Waals surface area (Å²) in [5, 5.41) is 3.06. The van der Waals surface area contributed by atoms with Crippen LogP contribution in [-0.2, 0) is 11.3 Å². The first-order chi connectivity index (χ1) is 10.4. The van der Waals surface area contributed by atoms with Crippen LogP contribution >= 0.6 is 0 Å². The number of amides is 1. The minimum Gasteiger partial charge on any atom is -0.494 e. The molecule has 0 aromatic heterocycles. The van der Waals surface area contributed by atoms with Gasteiger partial charge in [0.05, 0.1) is 7.11 Å². The average Bonchev–Trinajstić information content (AvgIpc) is 2.83. The van der Waals surface area contributed by atoms with Gasteiger partial charge in [-0.3, -0.25) is 9.69 Å². The van der Waals surface area contributed by atoms with Crippen LogP contribution in [0.2, 0.25) is 0 Å². The zero-order valence-corrected chi connectivity index (χ0v) is 13.7. The van der Waals surface area contributed by atoms with E-state index >= 15 is 0 Å². The SMILES string of the molecule is COc1cc(CN2C[C@@H](NC(C)=O)[C@H](C(C)C)C2)ccc1F. The molecule has 1 aliphatic heterocycles. The largest absolute Gasteiger partial charge is 0.494 e. The molecule has 122 valence electrons. The van der Waals surface area contributed by atoms with Crippen LogP contribution in [0.5, 0.6) is 5.75 Å². The Morgan fingerprint density at radius 1 is 1.45 bits per heavy atom. The van der Waals surface area contributed by atoms with Gasteiger partial charge in [0.25, 0.3) is 0 Å². The number of carbonyl (C=O) groups excluding carboxylic acids is 1. The maximum absolute atomic E-state index is 13.5. The van der Waals surface area contributed by atoms with Crippen molar-refractivity contribution in [3.8, 4) is 5.75 Å². The van der Waals surface area contributed by atoms with Gasteiger partial charge in [0.1, 0.15) is 0 Å². The van der Waals surface area contributed by atoms with Gasteiger partial charge in [0.15, 0.2) is 11.6 Å². The summed E-state index contributed by atoms with van der Waals surface area (Å²) in [6, 6.07) is 5.15. The third kappa shape index (κ3) is 3.97. The summed E-state index contributed by atoms with van der Waals surface area (Å²) in [6.07, 6.45) is 0. The number of carbonyl (C=O) groups is 1. The van der Waals surface area contributed by atoms with E-state index in [-0.39, 0.29) is 23.5 Å². The van der Waals surface area contributed by atoms with Gasteiger partial charge in [-0.2, -0.15) is 0 Å². The average molecular weight is 308 g/mol. The number of nitrogens with zero attached hydrogens (tertiary/aromatic N) is 1. The van der Waals surface area contributed by atoms with Gasteiger partial charge in [0, 0.05) is 32.6 Å². The quantitative estimate of drug-likeness (QED) is 0.908. The Morgan fingerprint density at radius 3 is 2.77 bits per heavy atom. The van der Waals surface area contributed by atoms with E-state index < -0.39 is 0 Å². The lowest BCUT2D eigenvalue weighted by Gasteiger charge is -2.22. The van der Waals surface area contributed by atoms with Crippen molar-refractivity contribution in [2.75, 3.05) is 20.2 Å². The second-order valence-corrected chi connectivity index (χ2v) is 6.38. The smallest absolute Gasteiger partial charge is 0.217 e. The first kappa shape index (κ1) is 16.7. The molecule has 2 rings (SSSR count). The zero-order chi connectivity index (χ0) is 16.3.